The molecule has 5 nitrogen and oxygen atoms in total. The van der Waals surface area contributed by atoms with Gasteiger partial charge in [0.25, 0.3) is 0 Å². The monoisotopic (exact) mass is 670 g/mol. The van der Waals surface area contributed by atoms with Gasteiger partial charge in [-0.25, -0.2) is 15.0 Å². The predicted octanol–water partition coefficient (Wildman–Crippen LogP) is 12.2. The largest absolute Gasteiger partial charge is 0.456 e. The van der Waals surface area contributed by atoms with Gasteiger partial charge in [0.2, 0.25) is 0 Å². The molecule has 0 unspecified atom stereocenters. The number of thiophene rings is 1. The highest BCUT2D eigenvalue weighted by Crippen LogP contribution is 2.43. The van der Waals surface area contributed by atoms with E-state index in [9.17, 15) is 0 Å². The highest BCUT2D eigenvalue weighted by Gasteiger charge is 2.19. The van der Waals surface area contributed by atoms with E-state index in [4.69, 9.17) is 19.4 Å². The van der Waals surface area contributed by atoms with Crippen LogP contribution in [0.15, 0.2) is 162 Å². The second kappa shape index (κ2) is 10.9. The van der Waals surface area contributed by atoms with Crippen molar-refractivity contribution in [3.63, 3.8) is 0 Å². The van der Waals surface area contributed by atoms with Crippen LogP contribution < -0.4 is 0 Å². The molecule has 0 amide bonds. The Bertz CT molecular complexity index is 3150. The molecule has 7 aromatic carbocycles. The summed E-state index contributed by atoms with van der Waals surface area (Å²) in [5.41, 5.74) is 7.80. The zero-order valence-corrected chi connectivity index (χ0v) is 27.9. The van der Waals surface area contributed by atoms with Gasteiger partial charge in [-0.2, -0.15) is 0 Å². The molecule has 51 heavy (non-hydrogen) atoms. The molecule has 0 atom stereocenters. The van der Waals surface area contributed by atoms with E-state index in [0.29, 0.717) is 17.5 Å². The molecule has 4 aromatic heterocycles. The number of para-hydroxylation sites is 2. The van der Waals surface area contributed by atoms with Crippen LogP contribution in [0.25, 0.3) is 104 Å². The molecule has 11 aromatic rings. The lowest BCUT2D eigenvalue weighted by atomic mass is 10.1. The van der Waals surface area contributed by atoms with Crippen molar-refractivity contribution in [2.75, 3.05) is 0 Å². The summed E-state index contributed by atoms with van der Waals surface area (Å²) in [7, 11) is 0. The summed E-state index contributed by atoms with van der Waals surface area (Å²) < 4.78 is 11.2. The van der Waals surface area contributed by atoms with Crippen LogP contribution in [0.3, 0.4) is 0 Å². The van der Waals surface area contributed by atoms with E-state index in [0.717, 1.165) is 49.8 Å². The van der Waals surface area contributed by atoms with Gasteiger partial charge >= 0.3 is 0 Å². The first-order valence-corrected chi connectivity index (χ1v) is 17.8. The average Bonchev–Trinajstić information content (AvgIpc) is 3.87. The minimum atomic E-state index is 0.593. The standard InChI is InChI=1S/C45H26N4OS/c1-2-11-27(12-3-1)43-46-44(48-45(47-43)29-21-22-33-32-16-5-8-19-38(32)50-39(33)26-29)28-13-10-14-30(25-28)49-37-18-7-4-15-31(37)35-23-24-36-34-17-6-9-20-40(34)51-42(36)41(35)49/h1-26H. The van der Waals surface area contributed by atoms with Gasteiger partial charge < -0.3 is 8.98 Å². The molecule has 0 aliphatic carbocycles. The third kappa shape index (κ3) is 4.37. The molecular weight excluding hydrogens is 645 g/mol. The number of furan rings is 1. The lowest BCUT2D eigenvalue weighted by Gasteiger charge is -2.12. The van der Waals surface area contributed by atoms with Crippen LogP contribution in [-0.4, -0.2) is 19.5 Å². The van der Waals surface area contributed by atoms with Gasteiger partial charge in [0.15, 0.2) is 17.5 Å². The summed E-state index contributed by atoms with van der Waals surface area (Å²) in [6, 6.07) is 54.9. The van der Waals surface area contributed by atoms with Crippen molar-refractivity contribution in [2.24, 2.45) is 0 Å². The van der Waals surface area contributed by atoms with Crippen LogP contribution in [0.2, 0.25) is 0 Å². The Morgan fingerprint density at radius 3 is 1.92 bits per heavy atom. The van der Waals surface area contributed by atoms with Crippen molar-refractivity contribution in [1.82, 2.24) is 19.5 Å². The molecule has 11 rings (SSSR count). The number of fused-ring (bicyclic) bond motifs is 10. The maximum Gasteiger partial charge on any atom is 0.164 e. The van der Waals surface area contributed by atoms with E-state index >= 15 is 0 Å². The van der Waals surface area contributed by atoms with Crippen molar-refractivity contribution in [3.05, 3.63) is 158 Å². The van der Waals surface area contributed by atoms with E-state index < -0.39 is 0 Å². The molecule has 6 heteroatoms. The van der Waals surface area contributed by atoms with E-state index in [2.05, 4.69) is 108 Å². The normalized spacial score (nSPS) is 11.9. The molecule has 0 fully saturated rings. The Morgan fingerprint density at radius 2 is 1.06 bits per heavy atom. The predicted molar refractivity (Wildman–Crippen MR) is 211 cm³/mol. The highest BCUT2D eigenvalue weighted by molar-refractivity contribution is 7.26. The van der Waals surface area contributed by atoms with Crippen molar-refractivity contribution < 1.29 is 4.42 Å². The van der Waals surface area contributed by atoms with Crippen LogP contribution in [0, 0.1) is 0 Å². The van der Waals surface area contributed by atoms with Gasteiger partial charge in [-0.1, -0.05) is 115 Å². The van der Waals surface area contributed by atoms with E-state index in [1.807, 2.05) is 65.9 Å². The van der Waals surface area contributed by atoms with Crippen LogP contribution >= 0.6 is 11.3 Å². The maximum atomic E-state index is 6.25. The zero-order valence-electron chi connectivity index (χ0n) is 27.1. The third-order valence-electron chi connectivity index (χ3n) is 9.85. The van der Waals surface area contributed by atoms with E-state index in [1.54, 1.807) is 0 Å². The Labute approximate surface area is 295 Å². The topological polar surface area (TPSA) is 56.7 Å². The molecule has 238 valence electrons. The molecule has 0 aliphatic heterocycles. The van der Waals surface area contributed by atoms with E-state index in [1.165, 1.54) is 36.5 Å². The number of hydrogen-bond donors (Lipinski definition) is 0. The second-order valence-electron chi connectivity index (χ2n) is 12.8. The van der Waals surface area contributed by atoms with Crippen molar-refractivity contribution in [1.29, 1.82) is 0 Å². The smallest absolute Gasteiger partial charge is 0.164 e. The molecule has 0 radical (unpaired) electrons. The minimum Gasteiger partial charge on any atom is -0.456 e. The molecule has 0 saturated heterocycles. The quantitative estimate of drug-likeness (QED) is 0.187. The highest BCUT2D eigenvalue weighted by atomic mass is 32.1. The fourth-order valence-corrected chi connectivity index (χ4v) is 8.74. The fourth-order valence-electron chi connectivity index (χ4n) is 7.50. The summed E-state index contributed by atoms with van der Waals surface area (Å²) >= 11 is 1.86. The van der Waals surface area contributed by atoms with Gasteiger partial charge in [0.1, 0.15) is 11.2 Å². The molecule has 0 saturated carbocycles. The van der Waals surface area contributed by atoms with Gasteiger partial charge in [0.05, 0.1) is 15.7 Å². The van der Waals surface area contributed by atoms with Crippen LogP contribution in [0.5, 0.6) is 0 Å². The van der Waals surface area contributed by atoms with Gasteiger partial charge in [-0.3, -0.25) is 0 Å². The van der Waals surface area contributed by atoms with Gasteiger partial charge in [0, 0.05) is 59.4 Å². The van der Waals surface area contributed by atoms with Crippen LogP contribution in [0.1, 0.15) is 0 Å². The first-order chi connectivity index (χ1) is 25.3. The van der Waals surface area contributed by atoms with Crippen LogP contribution in [-0.2, 0) is 0 Å². The van der Waals surface area contributed by atoms with Crippen molar-refractivity contribution in [3.8, 4) is 39.9 Å². The zero-order chi connectivity index (χ0) is 33.5. The molecular formula is C45H26N4OS. The Morgan fingerprint density at radius 1 is 0.431 bits per heavy atom. The summed E-state index contributed by atoms with van der Waals surface area (Å²) in [4.78, 5) is 15.2. The maximum absolute atomic E-state index is 6.25. The van der Waals surface area contributed by atoms with Crippen molar-refractivity contribution in [2.45, 2.75) is 0 Å². The summed E-state index contributed by atoms with van der Waals surface area (Å²) in [6.45, 7) is 0. The average molecular weight is 671 g/mol. The van der Waals surface area contributed by atoms with Gasteiger partial charge in [-0.15, -0.1) is 11.3 Å². The van der Waals surface area contributed by atoms with Crippen molar-refractivity contribution >= 4 is 75.3 Å². The number of aromatic nitrogens is 4. The number of hydrogen-bond acceptors (Lipinski definition) is 5. The molecule has 4 heterocycles. The van der Waals surface area contributed by atoms with E-state index in [-0.39, 0.29) is 0 Å². The minimum absolute atomic E-state index is 0.593. The first-order valence-electron chi connectivity index (χ1n) is 16.9. The Balaban J connectivity index is 1.13. The summed E-state index contributed by atoms with van der Waals surface area (Å²) in [6.07, 6.45) is 0. The lowest BCUT2D eigenvalue weighted by Crippen LogP contribution is -2.01. The number of benzene rings is 7. The second-order valence-corrected chi connectivity index (χ2v) is 13.9. The number of nitrogens with zero attached hydrogens (tertiary/aromatic N) is 4. The lowest BCUT2D eigenvalue weighted by molar-refractivity contribution is 0.669. The molecule has 0 spiro atoms. The Hall–Kier alpha value is -6.63. The SMILES string of the molecule is c1ccc(-c2nc(-c3cccc(-n4c5ccccc5c5ccc6c7ccccc7sc6c54)c3)nc(-c3ccc4c(c3)oc3ccccc34)n2)cc1. The first kappa shape index (κ1) is 28.2. The summed E-state index contributed by atoms with van der Waals surface area (Å²) in [5, 5.41) is 7.20. The Kier molecular flexibility index (Phi) is 6.05. The molecule has 0 bridgehead atoms. The fraction of sp³-hybridized carbons (Fsp3) is 0. The van der Waals surface area contributed by atoms with Gasteiger partial charge in [-0.05, 0) is 42.5 Å². The number of rotatable bonds is 4. The molecule has 0 N–H and O–H groups in total. The summed E-state index contributed by atoms with van der Waals surface area (Å²) in [5.74, 6) is 1.82. The third-order valence-corrected chi connectivity index (χ3v) is 11.0. The molecule has 0 aliphatic rings. The van der Waals surface area contributed by atoms with Crippen LogP contribution in [0.4, 0.5) is 0 Å².